The van der Waals surface area contributed by atoms with Crippen LogP contribution in [0.4, 0.5) is 5.69 Å². The summed E-state index contributed by atoms with van der Waals surface area (Å²) in [6.45, 7) is 2.11. The van der Waals surface area contributed by atoms with E-state index in [1.54, 1.807) is 0 Å². The van der Waals surface area contributed by atoms with Crippen molar-refractivity contribution in [2.75, 3.05) is 4.90 Å². The Balaban J connectivity index is 1.06. The molecule has 0 saturated heterocycles. The summed E-state index contributed by atoms with van der Waals surface area (Å²) in [6.07, 6.45) is 17.7. The molecular formula is C56H38N2. The lowest BCUT2D eigenvalue weighted by atomic mass is 9.70. The molecular weight excluding hydrogens is 701 g/mol. The molecule has 0 bridgehead atoms. The second-order valence-electron chi connectivity index (χ2n) is 15.9. The van der Waals surface area contributed by atoms with Crippen LogP contribution in [-0.2, 0) is 10.8 Å². The number of terminal acetylenes is 1. The van der Waals surface area contributed by atoms with Gasteiger partial charge >= 0.3 is 0 Å². The lowest BCUT2D eigenvalue weighted by Crippen LogP contribution is -2.26. The zero-order chi connectivity index (χ0) is 38.6. The molecule has 0 aliphatic heterocycles. The number of benzene rings is 7. The first-order valence-electron chi connectivity index (χ1n) is 20.2. The van der Waals surface area contributed by atoms with Gasteiger partial charge in [0.05, 0.1) is 22.1 Å². The first-order chi connectivity index (χ1) is 28.7. The van der Waals surface area contributed by atoms with E-state index < -0.39 is 0 Å². The minimum atomic E-state index is -0.373. The highest BCUT2D eigenvalue weighted by Crippen LogP contribution is 2.66. The molecule has 1 aromatic heterocycles. The Hall–Kier alpha value is -7.34. The second kappa shape index (κ2) is 12.1. The fraction of sp³-hybridized carbons (Fsp3) is 0.0714. The molecule has 1 unspecified atom stereocenters. The number of rotatable bonds is 6. The van der Waals surface area contributed by atoms with Gasteiger partial charge < -0.3 is 9.47 Å². The van der Waals surface area contributed by atoms with Gasteiger partial charge in [-0.2, -0.15) is 0 Å². The summed E-state index contributed by atoms with van der Waals surface area (Å²) in [5.74, 6) is 2.76. The summed E-state index contributed by atoms with van der Waals surface area (Å²) in [5.41, 5.74) is 19.9. The third kappa shape index (κ3) is 4.18. The highest BCUT2D eigenvalue weighted by molar-refractivity contribution is 6.16. The number of para-hydroxylation sites is 2. The lowest BCUT2D eigenvalue weighted by molar-refractivity contribution is 0.788. The molecule has 12 rings (SSSR count). The topological polar surface area (TPSA) is 8.17 Å². The van der Waals surface area contributed by atoms with Gasteiger partial charge in [-0.3, -0.25) is 0 Å². The van der Waals surface area contributed by atoms with E-state index in [0.717, 1.165) is 23.5 Å². The van der Waals surface area contributed by atoms with Crippen molar-refractivity contribution in [2.45, 2.75) is 24.2 Å². The lowest BCUT2D eigenvalue weighted by Gasteiger charge is -2.31. The molecule has 0 N–H and O–H groups in total. The molecule has 2 nitrogen and oxygen atoms in total. The molecule has 1 fully saturated rings. The summed E-state index contributed by atoms with van der Waals surface area (Å²) in [7, 11) is 0. The van der Waals surface area contributed by atoms with E-state index in [1.165, 1.54) is 83.1 Å². The van der Waals surface area contributed by atoms with E-state index in [1.807, 2.05) is 6.08 Å². The van der Waals surface area contributed by atoms with Crippen LogP contribution in [0.1, 0.15) is 41.2 Å². The predicted molar refractivity (Wildman–Crippen MR) is 240 cm³/mol. The molecule has 8 aromatic rings. The van der Waals surface area contributed by atoms with Crippen molar-refractivity contribution in [1.29, 1.82) is 0 Å². The molecule has 4 aliphatic rings. The zero-order valence-corrected chi connectivity index (χ0v) is 32.2. The van der Waals surface area contributed by atoms with Gasteiger partial charge in [0.15, 0.2) is 0 Å². The van der Waals surface area contributed by atoms with Gasteiger partial charge in [-0.15, -0.1) is 6.42 Å². The monoisotopic (exact) mass is 738 g/mol. The minimum Gasteiger partial charge on any atom is -0.310 e. The third-order valence-electron chi connectivity index (χ3n) is 13.3. The van der Waals surface area contributed by atoms with Gasteiger partial charge in [-0.05, 0) is 118 Å². The molecule has 1 atom stereocenters. The van der Waals surface area contributed by atoms with Crippen molar-refractivity contribution < 1.29 is 0 Å². The summed E-state index contributed by atoms with van der Waals surface area (Å²) < 4.78 is 2.39. The SMILES string of the molecule is C#C/C=C\C(=C/C)N(C1=C2CC2(c2ccc3c(c2)C2(c4ccccc4-c4ccccc42)c2ccccc2-3)C=C1)c1cccc2c1c1ccccc1n2-c1ccccc1. The quantitative estimate of drug-likeness (QED) is 0.122. The zero-order valence-electron chi connectivity index (χ0n) is 32.2. The van der Waals surface area contributed by atoms with Crippen LogP contribution in [0.25, 0.3) is 49.7 Å². The van der Waals surface area contributed by atoms with Crippen molar-refractivity contribution >= 4 is 27.5 Å². The largest absolute Gasteiger partial charge is 0.310 e. The first kappa shape index (κ1) is 32.9. The van der Waals surface area contributed by atoms with Crippen LogP contribution in [-0.4, -0.2) is 4.57 Å². The van der Waals surface area contributed by atoms with Crippen molar-refractivity contribution in [3.63, 3.8) is 0 Å². The van der Waals surface area contributed by atoms with Gasteiger partial charge in [0.25, 0.3) is 0 Å². The molecule has 7 aromatic carbocycles. The van der Waals surface area contributed by atoms with Crippen LogP contribution in [0.5, 0.6) is 0 Å². The van der Waals surface area contributed by atoms with Crippen molar-refractivity contribution in [1.82, 2.24) is 4.57 Å². The van der Waals surface area contributed by atoms with Crippen molar-refractivity contribution in [3.8, 4) is 40.3 Å². The third-order valence-corrected chi connectivity index (χ3v) is 13.3. The molecule has 0 amide bonds. The van der Waals surface area contributed by atoms with E-state index in [2.05, 4.69) is 210 Å². The standard InChI is InChI=1S/C56H38N2/c1-3-5-18-38(4-2)57(52-29-17-30-53-54(52)44-24-12-16-28-50(44)58(53)39-19-7-6-8-20-39)51-33-34-55(36-49(51)55)37-31-32-43-42-23-11-15-27-47(42)56(48(43)35-37)45-25-13-9-21-40(45)41-22-10-14-26-46(41)56/h1,4-35H,36H2,2H3/b18-5-,38-4+. The van der Waals surface area contributed by atoms with Crippen LogP contribution in [0.2, 0.25) is 0 Å². The normalized spacial score (nSPS) is 17.8. The minimum absolute atomic E-state index is 0.184. The Labute approximate surface area is 339 Å². The number of hydrogen-bond donors (Lipinski definition) is 0. The molecule has 4 aliphatic carbocycles. The molecule has 1 saturated carbocycles. The Bertz CT molecular complexity index is 3170. The molecule has 1 spiro atoms. The summed E-state index contributed by atoms with van der Waals surface area (Å²) >= 11 is 0. The maximum Gasteiger partial charge on any atom is 0.0725 e. The smallest absolute Gasteiger partial charge is 0.0725 e. The van der Waals surface area contributed by atoms with Gasteiger partial charge in [0.2, 0.25) is 0 Å². The van der Waals surface area contributed by atoms with Crippen molar-refractivity contribution in [2.24, 2.45) is 0 Å². The van der Waals surface area contributed by atoms with Gasteiger partial charge in [-0.1, -0.05) is 152 Å². The second-order valence-corrected chi connectivity index (χ2v) is 15.9. The molecule has 58 heavy (non-hydrogen) atoms. The van der Waals surface area contributed by atoms with Crippen LogP contribution in [0.15, 0.2) is 211 Å². The summed E-state index contributed by atoms with van der Waals surface area (Å²) in [5, 5.41) is 2.43. The Morgan fingerprint density at radius 1 is 0.655 bits per heavy atom. The van der Waals surface area contributed by atoms with Crippen LogP contribution in [0, 0.1) is 12.3 Å². The Morgan fingerprint density at radius 2 is 1.28 bits per heavy atom. The maximum absolute atomic E-state index is 5.86. The van der Waals surface area contributed by atoms with Crippen LogP contribution >= 0.6 is 0 Å². The summed E-state index contributed by atoms with van der Waals surface area (Å²) in [4.78, 5) is 2.45. The van der Waals surface area contributed by atoms with Gasteiger partial charge in [-0.25, -0.2) is 0 Å². The van der Waals surface area contributed by atoms with E-state index in [0.29, 0.717) is 0 Å². The van der Waals surface area contributed by atoms with E-state index >= 15 is 0 Å². The van der Waals surface area contributed by atoms with Gasteiger partial charge in [0.1, 0.15) is 0 Å². The van der Waals surface area contributed by atoms with E-state index in [9.17, 15) is 0 Å². The highest BCUT2D eigenvalue weighted by Gasteiger charge is 2.56. The number of anilines is 1. The molecule has 1 heterocycles. The average Bonchev–Trinajstić information content (AvgIpc) is 3.50. The van der Waals surface area contributed by atoms with E-state index in [-0.39, 0.29) is 10.8 Å². The number of nitrogens with zero attached hydrogens (tertiary/aromatic N) is 2. The summed E-state index contributed by atoms with van der Waals surface area (Å²) in [6, 6.07) is 60.7. The molecule has 272 valence electrons. The predicted octanol–water partition coefficient (Wildman–Crippen LogP) is 13.2. The number of fused-ring (bicyclic) bond motifs is 14. The van der Waals surface area contributed by atoms with Crippen LogP contribution < -0.4 is 4.90 Å². The Morgan fingerprint density at radius 3 is 1.95 bits per heavy atom. The fourth-order valence-electron chi connectivity index (χ4n) is 10.9. The number of allylic oxidation sites excluding steroid dienone is 6. The highest BCUT2D eigenvalue weighted by atomic mass is 15.2. The molecule has 2 heteroatoms. The number of hydrogen-bond acceptors (Lipinski definition) is 1. The first-order valence-corrected chi connectivity index (χ1v) is 20.2. The van der Waals surface area contributed by atoms with Crippen molar-refractivity contribution in [3.05, 3.63) is 239 Å². The Kier molecular flexibility index (Phi) is 6.84. The van der Waals surface area contributed by atoms with E-state index in [4.69, 9.17) is 6.42 Å². The van der Waals surface area contributed by atoms with Crippen LogP contribution in [0.3, 0.4) is 0 Å². The maximum atomic E-state index is 5.86. The fourth-order valence-corrected chi connectivity index (χ4v) is 10.9. The van der Waals surface area contributed by atoms with Gasteiger partial charge in [0, 0.05) is 33.3 Å². The number of aromatic nitrogens is 1. The average molecular weight is 739 g/mol. The molecule has 0 radical (unpaired) electrons.